The summed E-state index contributed by atoms with van der Waals surface area (Å²) in [5.41, 5.74) is 8.68. The number of aromatic nitrogens is 3. The van der Waals surface area contributed by atoms with Gasteiger partial charge >= 0.3 is 0 Å². The maximum Gasteiger partial charge on any atom is 0.181 e. The van der Waals surface area contributed by atoms with Gasteiger partial charge in [-0.15, -0.1) is 5.10 Å². The molecule has 0 atom stereocenters. The van der Waals surface area contributed by atoms with Crippen molar-refractivity contribution in [3.8, 4) is 23.1 Å². The quantitative estimate of drug-likeness (QED) is 0.727. The smallest absolute Gasteiger partial charge is 0.181 e. The fourth-order valence-corrected chi connectivity index (χ4v) is 2.34. The van der Waals surface area contributed by atoms with Crippen LogP contribution >= 0.6 is 15.9 Å². The lowest BCUT2D eigenvalue weighted by Gasteiger charge is -2.02. The van der Waals surface area contributed by atoms with E-state index < -0.39 is 0 Å². The topological polar surface area (TPSA) is 80.5 Å². The summed E-state index contributed by atoms with van der Waals surface area (Å²) in [5, 5.41) is 13.4. The number of anilines is 1. The number of nitrogens with two attached hydrogens (primary N) is 1. The Labute approximate surface area is 129 Å². The van der Waals surface area contributed by atoms with Crippen LogP contribution in [0, 0.1) is 11.3 Å². The van der Waals surface area contributed by atoms with Gasteiger partial charge in [-0.1, -0.05) is 0 Å². The second kappa shape index (κ2) is 5.38. The Hall–Kier alpha value is -2.65. The number of rotatable bonds is 2. The summed E-state index contributed by atoms with van der Waals surface area (Å²) in [7, 11) is 0. The fourth-order valence-electron chi connectivity index (χ4n) is 1.89. The molecule has 0 fully saturated rings. The highest BCUT2D eigenvalue weighted by Gasteiger charge is 2.07. The van der Waals surface area contributed by atoms with E-state index in [9.17, 15) is 0 Å². The van der Waals surface area contributed by atoms with Gasteiger partial charge in [-0.3, -0.25) is 0 Å². The molecule has 5 nitrogen and oxygen atoms in total. The molecule has 0 aliphatic heterocycles. The van der Waals surface area contributed by atoms with Crippen molar-refractivity contribution in [3.05, 3.63) is 58.8 Å². The molecule has 3 aromatic rings. The molecule has 0 saturated heterocycles. The van der Waals surface area contributed by atoms with Crippen molar-refractivity contribution in [2.24, 2.45) is 0 Å². The van der Waals surface area contributed by atoms with Gasteiger partial charge in [0.15, 0.2) is 5.82 Å². The lowest BCUT2D eigenvalue weighted by molar-refractivity contribution is 0.881. The van der Waals surface area contributed by atoms with E-state index in [1.54, 1.807) is 17.1 Å². The Kier molecular flexibility index (Phi) is 3.42. The van der Waals surface area contributed by atoms with E-state index in [1.165, 1.54) is 0 Å². The summed E-state index contributed by atoms with van der Waals surface area (Å²) < 4.78 is 2.39. The number of nitrogen functional groups attached to an aromatic ring is 1. The van der Waals surface area contributed by atoms with Gasteiger partial charge in [0.1, 0.15) is 12.4 Å². The third-order valence-corrected chi connectivity index (χ3v) is 3.65. The maximum atomic E-state index is 8.93. The zero-order chi connectivity index (χ0) is 14.8. The lowest BCUT2D eigenvalue weighted by Crippen LogP contribution is -1.95. The molecule has 1 aromatic heterocycles. The molecule has 0 aliphatic carbocycles. The van der Waals surface area contributed by atoms with Gasteiger partial charge in [-0.2, -0.15) is 5.26 Å². The first kappa shape index (κ1) is 13.3. The number of halogens is 1. The Morgan fingerprint density at radius 3 is 2.57 bits per heavy atom. The molecule has 21 heavy (non-hydrogen) atoms. The van der Waals surface area contributed by atoms with Gasteiger partial charge < -0.3 is 5.73 Å². The lowest BCUT2D eigenvalue weighted by atomic mass is 10.2. The first-order chi connectivity index (χ1) is 10.2. The van der Waals surface area contributed by atoms with Crippen LogP contribution in [0.4, 0.5) is 5.69 Å². The van der Waals surface area contributed by atoms with Gasteiger partial charge in [0, 0.05) is 15.7 Å². The predicted molar refractivity (Wildman–Crippen MR) is 83.6 cm³/mol. The molecule has 2 aromatic carbocycles. The van der Waals surface area contributed by atoms with Crippen LogP contribution in [0.5, 0.6) is 0 Å². The van der Waals surface area contributed by atoms with Crippen molar-refractivity contribution in [3.63, 3.8) is 0 Å². The first-order valence-electron chi connectivity index (χ1n) is 6.15. The number of hydrogen-bond acceptors (Lipinski definition) is 4. The predicted octanol–water partition coefficient (Wildman–Crippen LogP) is 3.15. The van der Waals surface area contributed by atoms with Crippen LogP contribution in [-0.2, 0) is 0 Å². The molecule has 0 unspecified atom stereocenters. The molecule has 0 aliphatic rings. The normalized spacial score (nSPS) is 10.3. The molecule has 2 N–H and O–H groups in total. The van der Waals surface area contributed by atoms with Crippen LogP contribution in [0.2, 0.25) is 0 Å². The Morgan fingerprint density at radius 2 is 1.90 bits per heavy atom. The minimum Gasteiger partial charge on any atom is -0.399 e. The third-order valence-electron chi connectivity index (χ3n) is 3.00. The molecule has 0 spiro atoms. The maximum absolute atomic E-state index is 8.93. The molecule has 3 rings (SSSR count). The van der Waals surface area contributed by atoms with Crippen LogP contribution < -0.4 is 5.73 Å². The van der Waals surface area contributed by atoms with Crippen LogP contribution in [0.3, 0.4) is 0 Å². The summed E-state index contributed by atoms with van der Waals surface area (Å²) in [5.74, 6) is 0.621. The largest absolute Gasteiger partial charge is 0.399 e. The van der Waals surface area contributed by atoms with E-state index in [1.807, 2.05) is 36.4 Å². The highest BCUT2D eigenvalue weighted by molar-refractivity contribution is 9.10. The van der Waals surface area contributed by atoms with E-state index >= 15 is 0 Å². The minimum absolute atomic E-state index is 0.581. The molecular formula is C15H10BrN5. The number of nitriles is 1. The second-order valence-electron chi connectivity index (χ2n) is 4.41. The van der Waals surface area contributed by atoms with E-state index in [0.717, 1.165) is 15.7 Å². The Balaban J connectivity index is 1.97. The van der Waals surface area contributed by atoms with Crippen LogP contribution in [0.25, 0.3) is 17.1 Å². The van der Waals surface area contributed by atoms with Gasteiger partial charge in [0.25, 0.3) is 0 Å². The van der Waals surface area contributed by atoms with Crippen molar-refractivity contribution in [1.82, 2.24) is 14.8 Å². The molecule has 1 heterocycles. The molecule has 0 radical (unpaired) electrons. The van der Waals surface area contributed by atoms with E-state index in [4.69, 9.17) is 11.0 Å². The van der Waals surface area contributed by atoms with E-state index in [0.29, 0.717) is 17.1 Å². The first-order valence-corrected chi connectivity index (χ1v) is 6.94. The average molecular weight is 340 g/mol. The highest BCUT2D eigenvalue weighted by atomic mass is 79.9. The summed E-state index contributed by atoms with van der Waals surface area (Å²) in [6.45, 7) is 0. The molecule has 0 saturated carbocycles. The molecular weight excluding hydrogens is 330 g/mol. The van der Waals surface area contributed by atoms with Crippen LogP contribution in [0.15, 0.2) is 53.3 Å². The second-order valence-corrected chi connectivity index (χ2v) is 5.27. The molecule has 0 amide bonds. The standard InChI is InChI=1S/C15H10BrN5/c16-14-7-13(6-3-11(14)8-17)21-9-19-15(20-21)10-1-4-12(18)5-2-10/h1-7,9H,18H2. The minimum atomic E-state index is 0.581. The Bertz CT molecular complexity index is 830. The van der Waals surface area contributed by atoms with Crippen molar-refractivity contribution >= 4 is 21.6 Å². The molecule has 6 heteroatoms. The van der Waals surface area contributed by atoms with Crippen molar-refractivity contribution in [1.29, 1.82) is 5.26 Å². The summed E-state index contributed by atoms with van der Waals surface area (Å²) in [6, 6.07) is 14.9. The van der Waals surface area contributed by atoms with Crippen LogP contribution in [0.1, 0.15) is 5.56 Å². The zero-order valence-corrected chi connectivity index (χ0v) is 12.4. The zero-order valence-electron chi connectivity index (χ0n) is 10.9. The van der Waals surface area contributed by atoms with Crippen molar-refractivity contribution in [2.45, 2.75) is 0 Å². The summed E-state index contributed by atoms with van der Waals surface area (Å²) >= 11 is 3.37. The summed E-state index contributed by atoms with van der Waals surface area (Å²) in [4.78, 5) is 4.30. The highest BCUT2D eigenvalue weighted by Crippen LogP contribution is 2.21. The van der Waals surface area contributed by atoms with Crippen molar-refractivity contribution in [2.75, 3.05) is 5.73 Å². The SMILES string of the molecule is N#Cc1ccc(-n2cnc(-c3ccc(N)cc3)n2)cc1Br. The van der Waals surface area contributed by atoms with E-state index in [2.05, 4.69) is 32.1 Å². The van der Waals surface area contributed by atoms with Crippen LogP contribution in [-0.4, -0.2) is 14.8 Å². The van der Waals surface area contributed by atoms with Crippen molar-refractivity contribution < 1.29 is 0 Å². The Morgan fingerprint density at radius 1 is 1.14 bits per heavy atom. The number of hydrogen-bond donors (Lipinski definition) is 1. The fraction of sp³-hybridized carbons (Fsp3) is 0. The monoisotopic (exact) mass is 339 g/mol. The molecule has 0 bridgehead atoms. The van der Waals surface area contributed by atoms with Gasteiger partial charge in [0.05, 0.1) is 11.3 Å². The number of benzene rings is 2. The van der Waals surface area contributed by atoms with Gasteiger partial charge in [-0.05, 0) is 58.4 Å². The van der Waals surface area contributed by atoms with Gasteiger partial charge in [-0.25, -0.2) is 9.67 Å². The van der Waals surface area contributed by atoms with Gasteiger partial charge in [0.2, 0.25) is 0 Å². The summed E-state index contributed by atoms with van der Waals surface area (Å²) in [6.07, 6.45) is 1.64. The van der Waals surface area contributed by atoms with E-state index in [-0.39, 0.29) is 0 Å². The number of nitrogens with zero attached hydrogens (tertiary/aromatic N) is 4. The molecule has 102 valence electrons. The third kappa shape index (κ3) is 2.64. The average Bonchev–Trinajstić information content (AvgIpc) is 2.98.